The average molecular weight is 334 g/mol. The summed E-state index contributed by atoms with van der Waals surface area (Å²) in [6, 6.07) is 12.3. The van der Waals surface area contributed by atoms with Gasteiger partial charge in [0.15, 0.2) is 5.82 Å². The Labute approximate surface area is 123 Å². The highest BCUT2D eigenvalue weighted by Crippen LogP contribution is 2.39. The second kappa shape index (κ2) is 4.83. The first-order valence-corrected chi connectivity index (χ1v) is 7.43. The third kappa shape index (κ3) is 2.19. The Morgan fingerprint density at radius 1 is 1.21 bits per heavy atom. The normalized spacial score (nSPS) is 10.8. The van der Waals surface area contributed by atoms with E-state index in [9.17, 15) is 0 Å². The highest BCUT2D eigenvalue weighted by atomic mass is 79.9. The Balaban J connectivity index is 2.22. The van der Waals surface area contributed by atoms with Crippen molar-refractivity contribution in [3.05, 3.63) is 45.7 Å². The molecule has 19 heavy (non-hydrogen) atoms. The number of hydrogen-bond acceptors (Lipinski definition) is 3. The molecule has 0 radical (unpaired) electrons. The van der Waals surface area contributed by atoms with Crippen LogP contribution in [0.4, 0.5) is 5.82 Å². The molecular formula is C14H12BrN3S. The largest absolute Gasteiger partial charge is 0.382 e. The minimum absolute atomic E-state index is 0.536. The predicted octanol–water partition coefficient (Wildman–Crippen LogP) is 4.46. The molecule has 3 N–H and O–H groups in total. The van der Waals surface area contributed by atoms with Crippen molar-refractivity contribution in [3.63, 3.8) is 0 Å². The van der Waals surface area contributed by atoms with Gasteiger partial charge in [-0.1, -0.05) is 24.3 Å². The van der Waals surface area contributed by atoms with Crippen LogP contribution in [0.25, 0.3) is 21.7 Å². The first-order chi connectivity index (χ1) is 9.16. The SMILES string of the molecule is Cc1ccccc1-c1c(N)n[nH]c1-c1ccc(Br)s1. The highest BCUT2D eigenvalue weighted by Gasteiger charge is 2.17. The van der Waals surface area contributed by atoms with Gasteiger partial charge in [0.05, 0.1) is 19.9 Å². The van der Waals surface area contributed by atoms with Crippen molar-refractivity contribution in [2.24, 2.45) is 0 Å². The van der Waals surface area contributed by atoms with Gasteiger partial charge in [0, 0.05) is 0 Å². The van der Waals surface area contributed by atoms with Gasteiger partial charge >= 0.3 is 0 Å². The van der Waals surface area contributed by atoms with E-state index in [0.717, 1.165) is 25.5 Å². The molecule has 3 nitrogen and oxygen atoms in total. The Kier molecular flexibility index (Phi) is 3.16. The van der Waals surface area contributed by atoms with Gasteiger partial charge in [-0.3, -0.25) is 5.10 Å². The average Bonchev–Trinajstić information content (AvgIpc) is 2.96. The molecule has 0 aliphatic heterocycles. The molecule has 0 aliphatic rings. The van der Waals surface area contributed by atoms with E-state index in [4.69, 9.17) is 5.73 Å². The smallest absolute Gasteiger partial charge is 0.153 e. The summed E-state index contributed by atoms with van der Waals surface area (Å²) in [5.41, 5.74) is 10.3. The number of aryl methyl sites for hydroxylation is 1. The number of halogens is 1. The third-order valence-electron chi connectivity index (χ3n) is 3.03. The topological polar surface area (TPSA) is 54.7 Å². The maximum Gasteiger partial charge on any atom is 0.153 e. The van der Waals surface area contributed by atoms with Crippen LogP contribution in [-0.4, -0.2) is 10.2 Å². The van der Waals surface area contributed by atoms with Crippen LogP contribution in [0.3, 0.4) is 0 Å². The Hall–Kier alpha value is -1.59. The number of nitrogens with one attached hydrogen (secondary N) is 1. The summed E-state index contributed by atoms with van der Waals surface area (Å²) in [6.07, 6.45) is 0. The molecule has 3 aromatic rings. The molecule has 2 heterocycles. The molecule has 0 unspecified atom stereocenters. The van der Waals surface area contributed by atoms with E-state index in [-0.39, 0.29) is 0 Å². The van der Waals surface area contributed by atoms with Gasteiger partial charge in [-0.25, -0.2) is 0 Å². The molecule has 2 aromatic heterocycles. The fourth-order valence-electron chi connectivity index (χ4n) is 2.11. The Morgan fingerprint density at radius 2 is 2.00 bits per heavy atom. The van der Waals surface area contributed by atoms with Gasteiger partial charge in [0.25, 0.3) is 0 Å². The van der Waals surface area contributed by atoms with Crippen molar-refractivity contribution in [2.45, 2.75) is 6.92 Å². The second-order valence-electron chi connectivity index (χ2n) is 4.28. The first-order valence-electron chi connectivity index (χ1n) is 5.82. The minimum atomic E-state index is 0.536. The van der Waals surface area contributed by atoms with Crippen LogP contribution < -0.4 is 5.73 Å². The standard InChI is InChI=1S/C14H12BrN3S/c1-8-4-2-3-5-9(8)12-13(17-18-14(12)16)10-6-7-11(15)19-10/h2-7H,1H3,(H3,16,17,18). The molecule has 0 fully saturated rings. The quantitative estimate of drug-likeness (QED) is 0.727. The van der Waals surface area contributed by atoms with Crippen LogP contribution in [0, 0.1) is 6.92 Å². The van der Waals surface area contributed by atoms with Crippen molar-refractivity contribution in [1.29, 1.82) is 0 Å². The van der Waals surface area contributed by atoms with E-state index in [1.54, 1.807) is 11.3 Å². The molecule has 0 spiro atoms. The lowest BCUT2D eigenvalue weighted by Gasteiger charge is -2.06. The van der Waals surface area contributed by atoms with E-state index in [0.29, 0.717) is 5.82 Å². The fraction of sp³-hybridized carbons (Fsp3) is 0.0714. The minimum Gasteiger partial charge on any atom is -0.382 e. The zero-order chi connectivity index (χ0) is 13.4. The van der Waals surface area contributed by atoms with Gasteiger partial charge in [0.2, 0.25) is 0 Å². The number of aromatic amines is 1. The number of thiophene rings is 1. The summed E-state index contributed by atoms with van der Waals surface area (Å²) in [6.45, 7) is 2.08. The third-order valence-corrected chi connectivity index (χ3v) is 4.67. The van der Waals surface area contributed by atoms with Crippen LogP contribution in [0.15, 0.2) is 40.2 Å². The zero-order valence-corrected chi connectivity index (χ0v) is 12.7. The summed E-state index contributed by atoms with van der Waals surface area (Å²) in [5, 5.41) is 7.21. The van der Waals surface area contributed by atoms with Crippen LogP contribution in [0.2, 0.25) is 0 Å². The molecule has 0 saturated heterocycles. The van der Waals surface area contributed by atoms with Gasteiger partial charge in [-0.05, 0) is 46.1 Å². The molecule has 0 aliphatic carbocycles. The van der Waals surface area contributed by atoms with Crippen LogP contribution in [0.1, 0.15) is 5.56 Å². The van der Waals surface area contributed by atoms with E-state index in [2.05, 4.69) is 51.3 Å². The lowest BCUT2D eigenvalue weighted by molar-refractivity contribution is 1.11. The number of aromatic nitrogens is 2. The predicted molar refractivity (Wildman–Crippen MR) is 84.2 cm³/mol. The molecule has 96 valence electrons. The van der Waals surface area contributed by atoms with E-state index < -0.39 is 0 Å². The number of anilines is 1. The van der Waals surface area contributed by atoms with E-state index >= 15 is 0 Å². The Bertz CT molecular complexity index is 730. The lowest BCUT2D eigenvalue weighted by Crippen LogP contribution is -1.90. The van der Waals surface area contributed by atoms with E-state index in [1.807, 2.05) is 18.2 Å². The first kappa shape index (κ1) is 12.4. The number of nitrogens with zero attached hydrogens (tertiary/aromatic N) is 1. The molecule has 0 amide bonds. The molecule has 0 bridgehead atoms. The number of H-pyrrole nitrogens is 1. The monoisotopic (exact) mass is 333 g/mol. The second-order valence-corrected chi connectivity index (χ2v) is 6.74. The number of hydrogen-bond donors (Lipinski definition) is 2. The maximum atomic E-state index is 6.04. The molecule has 5 heteroatoms. The summed E-state index contributed by atoms with van der Waals surface area (Å²) >= 11 is 5.14. The molecule has 3 rings (SSSR count). The number of benzene rings is 1. The summed E-state index contributed by atoms with van der Waals surface area (Å²) in [5.74, 6) is 0.536. The zero-order valence-electron chi connectivity index (χ0n) is 10.3. The van der Waals surface area contributed by atoms with Gasteiger partial charge in [-0.2, -0.15) is 5.10 Å². The number of nitrogens with two attached hydrogens (primary N) is 1. The molecule has 0 atom stereocenters. The Morgan fingerprint density at radius 3 is 2.68 bits per heavy atom. The highest BCUT2D eigenvalue weighted by molar-refractivity contribution is 9.11. The fourth-order valence-corrected chi connectivity index (χ4v) is 3.50. The van der Waals surface area contributed by atoms with Crippen molar-refractivity contribution in [1.82, 2.24) is 10.2 Å². The van der Waals surface area contributed by atoms with Crippen molar-refractivity contribution < 1.29 is 0 Å². The van der Waals surface area contributed by atoms with Crippen molar-refractivity contribution in [3.8, 4) is 21.7 Å². The van der Waals surface area contributed by atoms with Crippen molar-refractivity contribution in [2.75, 3.05) is 5.73 Å². The number of nitrogen functional groups attached to an aromatic ring is 1. The maximum absolute atomic E-state index is 6.04. The van der Waals surface area contributed by atoms with Gasteiger partial charge in [0.1, 0.15) is 0 Å². The van der Waals surface area contributed by atoms with Crippen LogP contribution >= 0.6 is 27.3 Å². The summed E-state index contributed by atoms with van der Waals surface area (Å²) in [7, 11) is 0. The molecular weight excluding hydrogens is 322 g/mol. The van der Waals surface area contributed by atoms with Gasteiger partial charge < -0.3 is 5.73 Å². The number of rotatable bonds is 2. The van der Waals surface area contributed by atoms with Gasteiger partial charge in [-0.15, -0.1) is 11.3 Å². The van der Waals surface area contributed by atoms with Crippen LogP contribution in [0.5, 0.6) is 0 Å². The molecule has 1 aromatic carbocycles. The lowest BCUT2D eigenvalue weighted by atomic mass is 10.00. The van der Waals surface area contributed by atoms with Crippen LogP contribution in [-0.2, 0) is 0 Å². The molecule has 0 saturated carbocycles. The summed E-state index contributed by atoms with van der Waals surface area (Å²) < 4.78 is 1.09. The summed E-state index contributed by atoms with van der Waals surface area (Å²) in [4.78, 5) is 1.12. The van der Waals surface area contributed by atoms with Crippen molar-refractivity contribution >= 4 is 33.1 Å². The van der Waals surface area contributed by atoms with E-state index in [1.165, 1.54) is 5.56 Å².